The molecule has 0 bridgehead atoms. The molecule has 98 valence electrons. The molecule has 1 saturated heterocycles. The molecule has 0 saturated carbocycles. The lowest BCUT2D eigenvalue weighted by Crippen LogP contribution is -2.48. The summed E-state index contributed by atoms with van der Waals surface area (Å²) in [5.41, 5.74) is -0.731. The molecule has 0 radical (unpaired) electrons. The van der Waals surface area contributed by atoms with E-state index in [1.54, 1.807) is 6.92 Å². The minimum atomic E-state index is -0.875. The Hall–Kier alpha value is -1.75. The molecule has 18 heavy (non-hydrogen) atoms. The van der Waals surface area contributed by atoms with Crippen molar-refractivity contribution in [2.75, 3.05) is 13.1 Å². The van der Waals surface area contributed by atoms with Crippen LogP contribution in [0.15, 0.2) is 18.2 Å². The summed E-state index contributed by atoms with van der Waals surface area (Å²) >= 11 is 0. The van der Waals surface area contributed by atoms with Crippen molar-refractivity contribution in [3.8, 4) is 11.5 Å². The van der Waals surface area contributed by atoms with Crippen molar-refractivity contribution in [3.63, 3.8) is 0 Å². The molecule has 1 unspecified atom stereocenters. The molecule has 1 amide bonds. The van der Waals surface area contributed by atoms with Gasteiger partial charge in [0.1, 0.15) is 11.5 Å². The molecule has 5 nitrogen and oxygen atoms in total. The summed E-state index contributed by atoms with van der Waals surface area (Å²) < 4.78 is 0. The van der Waals surface area contributed by atoms with E-state index in [9.17, 15) is 20.1 Å². The monoisotopic (exact) mass is 251 g/mol. The van der Waals surface area contributed by atoms with E-state index in [2.05, 4.69) is 0 Å². The molecule has 0 aromatic heterocycles. The number of phenols is 2. The predicted octanol–water partition coefficient (Wildman–Crippen LogP) is 1.08. The van der Waals surface area contributed by atoms with Crippen LogP contribution in [-0.2, 0) is 0 Å². The second kappa shape index (κ2) is 4.49. The van der Waals surface area contributed by atoms with Crippen LogP contribution in [0.25, 0.3) is 0 Å². The van der Waals surface area contributed by atoms with Gasteiger partial charge in [-0.2, -0.15) is 0 Å². The van der Waals surface area contributed by atoms with E-state index in [0.29, 0.717) is 13.0 Å². The third-order valence-electron chi connectivity index (χ3n) is 3.17. The summed E-state index contributed by atoms with van der Waals surface area (Å²) in [6, 6.07) is 3.88. The number of aromatic hydroxyl groups is 2. The number of carbonyl (C=O) groups is 1. The van der Waals surface area contributed by atoms with Crippen LogP contribution in [-0.4, -0.2) is 44.8 Å². The van der Waals surface area contributed by atoms with Crippen LogP contribution >= 0.6 is 0 Å². The Labute approximate surface area is 105 Å². The molecule has 5 heteroatoms. The maximum atomic E-state index is 12.2. The number of carbonyl (C=O) groups excluding carboxylic acids is 1. The highest BCUT2D eigenvalue weighted by Gasteiger charge is 2.32. The summed E-state index contributed by atoms with van der Waals surface area (Å²) in [4.78, 5) is 13.7. The Morgan fingerprint density at radius 2 is 2.11 bits per heavy atom. The summed E-state index contributed by atoms with van der Waals surface area (Å²) in [5.74, 6) is -0.660. The van der Waals surface area contributed by atoms with Crippen molar-refractivity contribution in [1.29, 1.82) is 0 Å². The molecule has 3 N–H and O–H groups in total. The number of β-amino-alcohol motifs (C(OH)–C–C–N with tert-alkyl or cyclic N) is 1. The predicted molar refractivity (Wildman–Crippen MR) is 65.5 cm³/mol. The highest BCUT2D eigenvalue weighted by atomic mass is 16.3. The third-order valence-corrected chi connectivity index (χ3v) is 3.17. The lowest BCUT2D eigenvalue weighted by molar-refractivity contribution is -0.0108. The second-order valence-electron chi connectivity index (χ2n) is 5.03. The highest BCUT2D eigenvalue weighted by Crippen LogP contribution is 2.27. The third kappa shape index (κ3) is 2.56. The molecule has 1 heterocycles. The SMILES string of the molecule is CC1(O)CCCN(C(=O)c2ccc(O)cc2O)C1. The number of piperidine rings is 1. The number of likely N-dealkylation sites (tertiary alicyclic amines) is 1. The topological polar surface area (TPSA) is 81.0 Å². The van der Waals surface area contributed by atoms with Gasteiger partial charge in [0.2, 0.25) is 0 Å². The van der Waals surface area contributed by atoms with Crippen LogP contribution in [0.2, 0.25) is 0 Å². The van der Waals surface area contributed by atoms with Crippen molar-refractivity contribution in [2.24, 2.45) is 0 Å². The first-order valence-corrected chi connectivity index (χ1v) is 5.93. The van der Waals surface area contributed by atoms with E-state index in [1.807, 2.05) is 0 Å². The average molecular weight is 251 g/mol. The van der Waals surface area contributed by atoms with Gasteiger partial charge in [0, 0.05) is 19.2 Å². The second-order valence-corrected chi connectivity index (χ2v) is 5.03. The fraction of sp³-hybridized carbons (Fsp3) is 0.462. The number of aliphatic hydroxyl groups is 1. The molecule has 1 atom stereocenters. The van der Waals surface area contributed by atoms with Crippen molar-refractivity contribution < 1.29 is 20.1 Å². The number of rotatable bonds is 1. The summed E-state index contributed by atoms with van der Waals surface area (Å²) in [7, 11) is 0. The van der Waals surface area contributed by atoms with Gasteiger partial charge >= 0.3 is 0 Å². The first-order chi connectivity index (χ1) is 8.39. The van der Waals surface area contributed by atoms with Crippen LogP contribution in [0.5, 0.6) is 11.5 Å². The van der Waals surface area contributed by atoms with Crippen LogP contribution < -0.4 is 0 Å². The molecule has 1 aliphatic rings. The van der Waals surface area contributed by atoms with Gasteiger partial charge in [0.25, 0.3) is 5.91 Å². The van der Waals surface area contributed by atoms with E-state index in [4.69, 9.17) is 0 Å². The number of hydrogen-bond acceptors (Lipinski definition) is 4. The Balaban J connectivity index is 2.20. The average Bonchev–Trinajstić information content (AvgIpc) is 2.27. The Bertz CT molecular complexity index is 470. The molecule has 2 rings (SSSR count). The number of amides is 1. The van der Waals surface area contributed by atoms with Crippen molar-refractivity contribution in [2.45, 2.75) is 25.4 Å². The molecule has 1 fully saturated rings. The molecule has 1 aliphatic heterocycles. The van der Waals surface area contributed by atoms with Crippen LogP contribution in [0.1, 0.15) is 30.1 Å². The van der Waals surface area contributed by atoms with Crippen LogP contribution in [0, 0.1) is 0 Å². The van der Waals surface area contributed by atoms with Gasteiger partial charge in [0.15, 0.2) is 0 Å². The molecule has 0 spiro atoms. The van der Waals surface area contributed by atoms with Gasteiger partial charge in [-0.25, -0.2) is 0 Å². The van der Waals surface area contributed by atoms with Crippen LogP contribution in [0.4, 0.5) is 0 Å². The number of hydrogen-bond donors (Lipinski definition) is 3. The van der Waals surface area contributed by atoms with Crippen molar-refractivity contribution in [1.82, 2.24) is 4.90 Å². The smallest absolute Gasteiger partial charge is 0.257 e. The fourth-order valence-electron chi connectivity index (χ4n) is 2.26. The molecular weight excluding hydrogens is 234 g/mol. The quantitative estimate of drug-likeness (QED) is 0.697. The zero-order valence-corrected chi connectivity index (χ0v) is 10.3. The number of phenolic OH excluding ortho intramolecular Hbond substituents is 2. The first kappa shape index (κ1) is 12.7. The van der Waals surface area contributed by atoms with E-state index in [-0.39, 0.29) is 29.5 Å². The maximum absolute atomic E-state index is 12.2. The minimum Gasteiger partial charge on any atom is -0.508 e. The van der Waals surface area contributed by atoms with Gasteiger partial charge in [0.05, 0.1) is 11.2 Å². The van der Waals surface area contributed by atoms with Crippen molar-refractivity contribution >= 4 is 5.91 Å². The van der Waals surface area contributed by atoms with Gasteiger partial charge in [-0.05, 0) is 31.9 Å². The molecule has 0 aliphatic carbocycles. The number of benzene rings is 1. The summed E-state index contributed by atoms with van der Waals surface area (Å²) in [5, 5.41) is 28.8. The highest BCUT2D eigenvalue weighted by molar-refractivity contribution is 5.97. The minimum absolute atomic E-state index is 0.0882. The lowest BCUT2D eigenvalue weighted by Gasteiger charge is -2.36. The fourth-order valence-corrected chi connectivity index (χ4v) is 2.26. The standard InChI is InChI=1S/C13H17NO4/c1-13(18)5-2-6-14(8-13)12(17)10-4-3-9(15)7-11(10)16/h3-4,7,15-16,18H,2,5-6,8H2,1H3. The zero-order chi connectivity index (χ0) is 13.3. The lowest BCUT2D eigenvalue weighted by atomic mass is 9.94. The van der Waals surface area contributed by atoms with E-state index in [0.717, 1.165) is 12.5 Å². The van der Waals surface area contributed by atoms with Gasteiger partial charge in [-0.15, -0.1) is 0 Å². The van der Waals surface area contributed by atoms with Crippen LogP contribution in [0.3, 0.4) is 0 Å². The largest absolute Gasteiger partial charge is 0.508 e. The van der Waals surface area contributed by atoms with Gasteiger partial charge < -0.3 is 20.2 Å². The van der Waals surface area contributed by atoms with Gasteiger partial charge in [-0.1, -0.05) is 0 Å². The summed E-state index contributed by atoms with van der Waals surface area (Å²) in [6.07, 6.45) is 1.40. The maximum Gasteiger partial charge on any atom is 0.257 e. The Kier molecular flexibility index (Phi) is 3.17. The van der Waals surface area contributed by atoms with E-state index < -0.39 is 5.60 Å². The normalized spacial score (nSPS) is 24.0. The van der Waals surface area contributed by atoms with Crippen molar-refractivity contribution in [3.05, 3.63) is 23.8 Å². The zero-order valence-electron chi connectivity index (χ0n) is 10.3. The Morgan fingerprint density at radius 3 is 2.72 bits per heavy atom. The van der Waals surface area contributed by atoms with E-state index in [1.165, 1.54) is 17.0 Å². The summed E-state index contributed by atoms with van der Waals surface area (Å²) in [6.45, 7) is 2.52. The molecule has 1 aromatic rings. The number of nitrogens with zero attached hydrogens (tertiary/aromatic N) is 1. The van der Waals surface area contributed by atoms with Gasteiger partial charge in [-0.3, -0.25) is 4.79 Å². The van der Waals surface area contributed by atoms with E-state index >= 15 is 0 Å². The molecular formula is C13H17NO4. The molecule has 1 aromatic carbocycles. The Morgan fingerprint density at radius 1 is 1.39 bits per heavy atom. The first-order valence-electron chi connectivity index (χ1n) is 5.93.